The molecule has 1 unspecified atom stereocenters. The van der Waals surface area contributed by atoms with E-state index in [1.165, 1.54) is 11.8 Å². The van der Waals surface area contributed by atoms with Crippen molar-refractivity contribution >= 4 is 27.6 Å². The molecule has 0 aromatic heterocycles. The molecule has 0 spiro atoms. The number of carbonyl (C=O) groups is 1. The van der Waals surface area contributed by atoms with E-state index in [4.69, 9.17) is 5.11 Å². The van der Waals surface area contributed by atoms with Crippen molar-refractivity contribution < 1.29 is 18.3 Å². The summed E-state index contributed by atoms with van der Waals surface area (Å²) in [5.74, 6) is -0.341. The van der Waals surface area contributed by atoms with E-state index in [9.17, 15) is 13.2 Å². The minimum absolute atomic E-state index is 0.0589. The lowest BCUT2D eigenvalue weighted by Crippen LogP contribution is -2.03. The van der Waals surface area contributed by atoms with Crippen LogP contribution in [0.3, 0.4) is 0 Å². The van der Waals surface area contributed by atoms with E-state index in [0.717, 1.165) is 5.56 Å². The van der Waals surface area contributed by atoms with E-state index in [1.54, 1.807) is 18.2 Å². The highest BCUT2D eigenvalue weighted by Gasteiger charge is 2.34. The summed E-state index contributed by atoms with van der Waals surface area (Å²) < 4.78 is 23.7. The van der Waals surface area contributed by atoms with Crippen LogP contribution in [0, 0.1) is 0 Å². The van der Waals surface area contributed by atoms with Gasteiger partial charge in [0.15, 0.2) is 9.84 Å². The van der Waals surface area contributed by atoms with Crippen LogP contribution in [-0.4, -0.2) is 31.0 Å². The van der Waals surface area contributed by atoms with Crippen molar-refractivity contribution in [3.8, 4) is 0 Å². The molecule has 1 N–H and O–H groups in total. The van der Waals surface area contributed by atoms with Crippen molar-refractivity contribution in [2.75, 3.05) is 11.5 Å². The molecule has 6 heteroatoms. The average molecular weight is 272 g/mol. The molecule has 2 rings (SSSR count). The third kappa shape index (κ3) is 2.63. The van der Waals surface area contributed by atoms with Gasteiger partial charge < -0.3 is 5.11 Å². The Balaban J connectivity index is 2.15. The second-order valence-corrected chi connectivity index (χ2v) is 7.14. The molecule has 17 heavy (non-hydrogen) atoms. The van der Waals surface area contributed by atoms with Crippen LogP contribution >= 0.6 is 11.8 Å². The van der Waals surface area contributed by atoms with E-state index in [-0.39, 0.29) is 17.4 Å². The van der Waals surface area contributed by atoms with Gasteiger partial charge in [0.1, 0.15) is 0 Å². The van der Waals surface area contributed by atoms with Crippen LogP contribution in [0.1, 0.15) is 17.2 Å². The van der Waals surface area contributed by atoms with Gasteiger partial charge in [-0.1, -0.05) is 18.2 Å². The summed E-state index contributed by atoms with van der Waals surface area (Å²) in [6, 6.07) is 6.94. The summed E-state index contributed by atoms with van der Waals surface area (Å²) in [5, 5.41) is 8.42. The molecule has 0 saturated heterocycles. The normalized spacial score (nSPS) is 21.1. The number of thioether (sulfide) groups is 1. The first kappa shape index (κ1) is 12.4. The first-order valence-corrected chi connectivity index (χ1v) is 7.86. The number of sulfone groups is 1. The van der Waals surface area contributed by atoms with Crippen LogP contribution < -0.4 is 0 Å². The maximum absolute atomic E-state index is 11.8. The molecular formula is C11H12O4S2. The zero-order valence-corrected chi connectivity index (χ0v) is 10.6. The van der Waals surface area contributed by atoms with Gasteiger partial charge in [-0.3, -0.25) is 4.79 Å². The molecule has 1 aromatic carbocycles. The smallest absolute Gasteiger partial charge is 0.304 e. The van der Waals surface area contributed by atoms with Gasteiger partial charge in [-0.25, -0.2) is 8.42 Å². The van der Waals surface area contributed by atoms with Crippen molar-refractivity contribution in [3.63, 3.8) is 0 Å². The third-order valence-electron chi connectivity index (χ3n) is 2.61. The van der Waals surface area contributed by atoms with Crippen LogP contribution in [0.25, 0.3) is 0 Å². The lowest BCUT2D eigenvalue weighted by Gasteiger charge is -2.07. The van der Waals surface area contributed by atoms with Crippen molar-refractivity contribution in [2.45, 2.75) is 16.6 Å². The molecule has 1 heterocycles. The van der Waals surface area contributed by atoms with E-state index in [1.807, 2.05) is 6.07 Å². The summed E-state index contributed by atoms with van der Waals surface area (Å²) >= 11 is 1.40. The summed E-state index contributed by atoms with van der Waals surface area (Å²) in [6.07, 6.45) is 0.0589. The number of aliphatic carboxylic acids is 1. The number of benzene rings is 1. The quantitative estimate of drug-likeness (QED) is 0.903. The zero-order valence-electron chi connectivity index (χ0n) is 9.00. The van der Waals surface area contributed by atoms with Crippen LogP contribution in [-0.2, 0) is 14.6 Å². The standard InChI is InChI=1S/C11H12O4S2/c12-11(13)5-6-16-9-7-17(14,15)10-4-2-1-3-8(9)10/h1-4,9H,5-7H2,(H,12,13). The van der Waals surface area contributed by atoms with Crippen molar-refractivity contribution in [1.82, 2.24) is 0 Å². The summed E-state index contributed by atoms with van der Waals surface area (Å²) in [5.41, 5.74) is 0.808. The highest BCUT2D eigenvalue weighted by Crippen LogP contribution is 2.41. The fraction of sp³-hybridized carbons (Fsp3) is 0.364. The van der Waals surface area contributed by atoms with Gasteiger partial charge >= 0.3 is 5.97 Å². The van der Waals surface area contributed by atoms with E-state index >= 15 is 0 Å². The van der Waals surface area contributed by atoms with E-state index in [2.05, 4.69) is 0 Å². The van der Waals surface area contributed by atoms with Gasteiger partial charge in [0, 0.05) is 11.0 Å². The Morgan fingerprint density at radius 2 is 2.12 bits per heavy atom. The molecule has 1 aliphatic rings. The second kappa shape index (κ2) is 4.70. The molecule has 0 amide bonds. The molecule has 0 saturated carbocycles. The Hall–Kier alpha value is -1.01. The van der Waals surface area contributed by atoms with E-state index < -0.39 is 15.8 Å². The van der Waals surface area contributed by atoms with Gasteiger partial charge in [0.2, 0.25) is 0 Å². The molecule has 92 valence electrons. The Morgan fingerprint density at radius 1 is 1.41 bits per heavy atom. The van der Waals surface area contributed by atoms with Crippen molar-refractivity contribution in [2.24, 2.45) is 0 Å². The van der Waals surface area contributed by atoms with Gasteiger partial charge in [0.05, 0.1) is 17.1 Å². The number of carboxylic acid groups (broad SMARTS) is 1. The summed E-state index contributed by atoms with van der Waals surface area (Å²) in [6.45, 7) is 0. The maximum atomic E-state index is 11.8. The summed E-state index contributed by atoms with van der Waals surface area (Å²) in [4.78, 5) is 10.8. The Kier molecular flexibility index (Phi) is 3.44. The molecule has 0 radical (unpaired) electrons. The largest absolute Gasteiger partial charge is 0.481 e. The fourth-order valence-electron chi connectivity index (χ4n) is 1.83. The fourth-order valence-corrected chi connectivity index (χ4v) is 5.41. The lowest BCUT2D eigenvalue weighted by molar-refractivity contribution is -0.136. The molecule has 0 fully saturated rings. The second-order valence-electron chi connectivity index (χ2n) is 3.82. The Labute approximate surface area is 104 Å². The Morgan fingerprint density at radius 3 is 2.82 bits per heavy atom. The van der Waals surface area contributed by atoms with Gasteiger partial charge in [0.25, 0.3) is 0 Å². The summed E-state index contributed by atoms with van der Waals surface area (Å²) in [7, 11) is -3.17. The van der Waals surface area contributed by atoms with Crippen molar-refractivity contribution in [3.05, 3.63) is 29.8 Å². The molecule has 0 bridgehead atoms. The van der Waals surface area contributed by atoms with Crippen LogP contribution in [0.4, 0.5) is 0 Å². The predicted molar refractivity (Wildman–Crippen MR) is 65.9 cm³/mol. The van der Waals surface area contributed by atoms with E-state index in [0.29, 0.717) is 10.6 Å². The van der Waals surface area contributed by atoms with Crippen molar-refractivity contribution in [1.29, 1.82) is 0 Å². The molecule has 0 aliphatic carbocycles. The predicted octanol–water partition coefficient (Wildman–Crippen LogP) is 1.72. The lowest BCUT2D eigenvalue weighted by atomic mass is 10.2. The minimum Gasteiger partial charge on any atom is -0.481 e. The van der Waals surface area contributed by atoms with Crippen LogP contribution in [0.15, 0.2) is 29.2 Å². The number of fused-ring (bicyclic) bond motifs is 1. The Bertz CT molecular complexity index is 536. The maximum Gasteiger partial charge on any atom is 0.304 e. The van der Waals surface area contributed by atoms with Gasteiger partial charge in [-0.15, -0.1) is 0 Å². The molecule has 1 atom stereocenters. The first-order chi connectivity index (χ1) is 8.00. The number of carboxylic acids is 1. The molecule has 4 nitrogen and oxygen atoms in total. The monoisotopic (exact) mass is 272 g/mol. The van der Waals surface area contributed by atoms with Gasteiger partial charge in [-0.2, -0.15) is 11.8 Å². The highest BCUT2D eigenvalue weighted by molar-refractivity contribution is 8.01. The topological polar surface area (TPSA) is 71.4 Å². The third-order valence-corrected chi connectivity index (χ3v) is 5.89. The highest BCUT2D eigenvalue weighted by atomic mass is 32.2. The number of rotatable bonds is 4. The average Bonchev–Trinajstić information content (AvgIpc) is 2.51. The van der Waals surface area contributed by atoms with Gasteiger partial charge in [-0.05, 0) is 11.6 Å². The zero-order chi connectivity index (χ0) is 12.5. The van der Waals surface area contributed by atoms with Crippen LogP contribution in [0.5, 0.6) is 0 Å². The minimum atomic E-state index is -3.17. The molecular weight excluding hydrogens is 260 g/mol. The number of hydrogen-bond acceptors (Lipinski definition) is 4. The first-order valence-electron chi connectivity index (χ1n) is 5.16. The molecule has 1 aromatic rings. The molecule has 1 aliphatic heterocycles. The number of hydrogen-bond donors (Lipinski definition) is 1. The van der Waals surface area contributed by atoms with Crippen LogP contribution in [0.2, 0.25) is 0 Å². The SMILES string of the molecule is O=C(O)CCSC1CS(=O)(=O)c2ccccc21.